The summed E-state index contributed by atoms with van der Waals surface area (Å²) in [5.41, 5.74) is 0. The fourth-order valence-electron chi connectivity index (χ4n) is 3.66. The predicted octanol–water partition coefficient (Wildman–Crippen LogP) is 1.58. The molecule has 1 amide bonds. The normalized spacial score (nSPS) is 21.2. The molecule has 24 heavy (non-hydrogen) atoms. The van der Waals surface area contributed by atoms with Gasteiger partial charge in [-0.25, -0.2) is 0 Å². The summed E-state index contributed by atoms with van der Waals surface area (Å²) in [6, 6.07) is 0. The van der Waals surface area contributed by atoms with Crippen LogP contribution in [0.3, 0.4) is 0 Å². The van der Waals surface area contributed by atoms with Crippen LogP contribution >= 0.6 is 0 Å². The SMILES string of the molecule is CCOC(=O)[C@@H](C(=O)NCCCN1CCOCC1)C1CCCCC1. The lowest BCUT2D eigenvalue weighted by molar-refractivity contribution is -0.155. The van der Waals surface area contributed by atoms with Crippen LogP contribution in [-0.2, 0) is 19.1 Å². The zero-order chi connectivity index (χ0) is 17.2. The lowest BCUT2D eigenvalue weighted by atomic mass is 9.79. The van der Waals surface area contributed by atoms with E-state index in [0.717, 1.165) is 65.0 Å². The van der Waals surface area contributed by atoms with E-state index in [1.165, 1.54) is 6.42 Å². The first-order valence-electron chi connectivity index (χ1n) is 9.46. The molecule has 6 heteroatoms. The Morgan fingerprint density at radius 2 is 1.92 bits per heavy atom. The fraction of sp³-hybridized carbons (Fsp3) is 0.889. The molecule has 1 atom stereocenters. The first-order valence-corrected chi connectivity index (χ1v) is 9.46. The van der Waals surface area contributed by atoms with Gasteiger partial charge in [-0.3, -0.25) is 14.5 Å². The summed E-state index contributed by atoms with van der Waals surface area (Å²) >= 11 is 0. The largest absolute Gasteiger partial charge is 0.465 e. The molecule has 1 saturated heterocycles. The van der Waals surface area contributed by atoms with E-state index in [2.05, 4.69) is 10.2 Å². The van der Waals surface area contributed by atoms with Crippen LogP contribution in [0.1, 0.15) is 45.4 Å². The summed E-state index contributed by atoms with van der Waals surface area (Å²) in [5.74, 6) is -0.997. The highest BCUT2D eigenvalue weighted by Gasteiger charge is 2.36. The van der Waals surface area contributed by atoms with Crippen molar-refractivity contribution in [2.24, 2.45) is 11.8 Å². The first kappa shape index (κ1) is 19.2. The van der Waals surface area contributed by atoms with E-state index in [0.29, 0.717) is 13.2 Å². The third-order valence-corrected chi connectivity index (χ3v) is 5.00. The molecule has 0 aromatic rings. The van der Waals surface area contributed by atoms with Gasteiger partial charge < -0.3 is 14.8 Å². The van der Waals surface area contributed by atoms with Crippen LogP contribution < -0.4 is 5.32 Å². The van der Waals surface area contributed by atoms with Crippen molar-refractivity contribution >= 4 is 11.9 Å². The number of nitrogens with zero attached hydrogens (tertiary/aromatic N) is 1. The quantitative estimate of drug-likeness (QED) is 0.413. The van der Waals surface area contributed by atoms with Crippen molar-refractivity contribution in [2.75, 3.05) is 46.0 Å². The molecule has 6 nitrogen and oxygen atoms in total. The topological polar surface area (TPSA) is 67.9 Å². The highest BCUT2D eigenvalue weighted by Crippen LogP contribution is 2.31. The Labute approximate surface area is 145 Å². The van der Waals surface area contributed by atoms with Gasteiger partial charge in [-0.15, -0.1) is 0 Å². The standard InChI is InChI=1S/C18H32N2O4/c1-2-24-18(22)16(15-7-4-3-5-8-15)17(21)19-9-6-10-20-11-13-23-14-12-20/h15-16H,2-14H2,1H3,(H,19,21)/t16-/m1/s1. The van der Waals surface area contributed by atoms with Crippen LogP contribution in [0.4, 0.5) is 0 Å². The van der Waals surface area contributed by atoms with Gasteiger partial charge in [0.25, 0.3) is 0 Å². The lowest BCUT2D eigenvalue weighted by Crippen LogP contribution is -2.43. The molecule has 1 N–H and O–H groups in total. The number of ether oxygens (including phenoxy) is 2. The van der Waals surface area contributed by atoms with Gasteiger partial charge in [0.05, 0.1) is 19.8 Å². The number of rotatable bonds is 8. The molecule has 0 unspecified atom stereocenters. The van der Waals surface area contributed by atoms with Crippen molar-refractivity contribution in [3.63, 3.8) is 0 Å². The van der Waals surface area contributed by atoms with Gasteiger partial charge in [0.1, 0.15) is 5.92 Å². The summed E-state index contributed by atoms with van der Waals surface area (Å²) < 4.78 is 10.5. The summed E-state index contributed by atoms with van der Waals surface area (Å²) in [7, 11) is 0. The Morgan fingerprint density at radius 3 is 2.58 bits per heavy atom. The maximum atomic E-state index is 12.6. The Kier molecular flexibility index (Phi) is 8.53. The minimum absolute atomic E-state index is 0.136. The van der Waals surface area contributed by atoms with E-state index in [-0.39, 0.29) is 17.8 Å². The summed E-state index contributed by atoms with van der Waals surface area (Å²) in [6.45, 7) is 7.18. The van der Waals surface area contributed by atoms with Crippen molar-refractivity contribution in [3.05, 3.63) is 0 Å². The minimum Gasteiger partial charge on any atom is -0.465 e. The van der Waals surface area contributed by atoms with E-state index in [1.54, 1.807) is 6.92 Å². The maximum absolute atomic E-state index is 12.6. The Morgan fingerprint density at radius 1 is 1.21 bits per heavy atom. The number of amides is 1. The number of esters is 1. The number of nitrogens with one attached hydrogen (secondary N) is 1. The van der Waals surface area contributed by atoms with Crippen LogP contribution in [-0.4, -0.2) is 62.8 Å². The van der Waals surface area contributed by atoms with Crippen molar-refractivity contribution in [3.8, 4) is 0 Å². The van der Waals surface area contributed by atoms with E-state index in [9.17, 15) is 9.59 Å². The molecule has 1 aliphatic carbocycles. The number of morpholine rings is 1. The van der Waals surface area contributed by atoms with E-state index in [1.807, 2.05) is 0 Å². The number of hydrogen-bond donors (Lipinski definition) is 1. The van der Waals surface area contributed by atoms with Gasteiger partial charge in [-0.05, 0) is 38.6 Å². The molecule has 2 aliphatic rings. The van der Waals surface area contributed by atoms with E-state index >= 15 is 0 Å². The second-order valence-corrected chi connectivity index (χ2v) is 6.73. The van der Waals surface area contributed by atoms with Gasteiger partial charge in [-0.2, -0.15) is 0 Å². The van der Waals surface area contributed by atoms with Crippen LogP contribution in [0.15, 0.2) is 0 Å². The second-order valence-electron chi connectivity index (χ2n) is 6.73. The second kappa shape index (κ2) is 10.7. The van der Waals surface area contributed by atoms with Gasteiger partial charge in [0, 0.05) is 19.6 Å². The summed E-state index contributed by atoms with van der Waals surface area (Å²) in [5, 5.41) is 2.96. The zero-order valence-electron chi connectivity index (χ0n) is 14.9. The van der Waals surface area contributed by atoms with E-state index < -0.39 is 5.92 Å². The first-order chi connectivity index (χ1) is 11.7. The minimum atomic E-state index is -0.631. The monoisotopic (exact) mass is 340 g/mol. The van der Waals surface area contributed by atoms with Crippen LogP contribution in [0.25, 0.3) is 0 Å². The summed E-state index contributed by atoms with van der Waals surface area (Å²) in [4.78, 5) is 27.2. The molecule has 0 bridgehead atoms. The van der Waals surface area contributed by atoms with Crippen molar-refractivity contribution in [2.45, 2.75) is 45.4 Å². The predicted molar refractivity (Wildman–Crippen MR) is 91.6 cm³/mol. The van der Waals surface area contributed by atoms with Crippen LogP contribution in [0.2, 0.25) is 0 Å². The lowest BCUT2D eigenvalue weighted by Gasteiger charge is -2.28. The third kappa shape index (κ3) is 6.06. The Hall–Kier alpha value is -1.14. The number of carbonyl (C=O) groups excluding carboxylic acids is 2. The van der Waals surface area contributed by atoms with Gasteiger partial charge in [0.15, 0.2) is 0 Å². The van der Waals surface area contributed by atoms with Crippen LogP contribution in [0, 0.1) is 11.8 Å². The Bertz CT molecular complexity index is 390. The zero-order valence-corrected chi connectivity index (χ0v) is 14.9. The summed E-state index contributed by atoms with van der Waals surface area (Å²) in [6.07, 6.45) is 6.20. The molecular formula is C18H32N2O4. The number of carbonyl (C=O) groups is 2. The smallest absolute Gasteiger partial charge is 0.318 e. The molecule has 0 aromatic carbocycles. The molecule has 138 valence electrons. The van der Waals surface area contributed by atoms with Gasteiger partial charge >= 0.3 is 5.97 Å². The van der Waals surface area contributed by atoms with Crippen LogP contribution in [0.5, 0.6) is 0 Å². The molecule has 0 aromatic heterocycles. The average Bonchev–Trinajstić information content (AvgIpc) is 2.61. The molecule has 0 spiro atoms. The van der Waals surface area contributed by atoms with Crippen molar-refractivity contribution in [1.29, 1.82) is 0 Å². The molecule has 0 radical (unpaired) electrons. The number of hydrogen-bond acceptors (Lipinski definition) is 5. The molecule has 1 saturated carbocycles. The van der Waals surface area contributed by atoms with Crippen molar-refractivity contribution in [1.82, 2.24) is 10.2 Å². The molecule has 1 aliphatic heterocycles. The molecule has 1 heterocycles. The fourth-order valence-corrected chi connectivity index (χ4v) is 3.66. The highest BCUT2D eigenvalue weighted by molar-refractivity contribution is 5.98. The highest BCUT2D eigenvalue weighted by atomic mass is 16.5. The third-order valence-electron chi connectivity index (χ3n) is 5.00. The Balaban J connectivity index is 1.77. The maximum Gasteiger partial charge on any atom is 0.318 e. The van der Waals surface area contributed by atoms with Gasteiger partial charge in [0.2, 0.25) is 5.91 Å². The molecule has 2 fully saturated rings. The van der Waals surface area contributed by atoms with E-state index in [4.69, 9.17) is 9.47 Å². The molecule has 2 rings (SSSR count). The molecular weight excluding hydrogens is 308 g/mol. The van der Waals surface area contributed by atoms with Gasteiger partial charge in [-0.1, -0.05) is 19.3 Å². The average molecular weight is 340 g/mol. The van der Waals surface area contributed by atoms with Crippen molar-refractivity contribution < 1.29 is 19.1 Å².